The van der Waals surface area contributed by atoms with Gasteiger partial charge >= 0.3 is 5.97 Å². The fourth-order valence-electron chi connectivity index (χ4n) is 3.63. The van der Waals surface area contributed by atoms with Crippen molar-refractivity contribution in [3.8, 4) is 0 Å². The third-order valence-electron chi connectivity index (χ3n) is 5.59. The Morgan fingerprint density at radius 2 is 1.61 bits per heavy atom. The van der Waals surface area contributed by atoms with Gasteiger partial charge in [-0.3, -0.25) is 4.79 Å². The molecule has 0 radical (unpaired) electrons. The topological polar surface area (TPSA) is 99.9 Å². The Labute approximate surface area is 202 Å². The number of rotatable bonds is 15. The van der Waals surface area contributed by atoms with Crippen molar-refractivity contribution >= 4 is 11.9 Å². The monoisotopic (exact) mass is 470 g/mol. The third-order valence-corrected chi connectivity index (χ3v) is 5.59. The molecule has 0 unspecified atom stereocenters. The lowest BCUT2D eigenvalue weighted by Crippen LogP contribution is -2.57. The Kier molecular flexibility index (Phi) is 19.1. The molecule has 0 saturated heterocycles. The van der Waals surface area contributed by atoms with Crippen LogP contribution in [-0.4, -0.2) is 56.0 Å². The molecule has 3 atom stereocenters. The zero-order chi connectivity index (χ0) is 25.1. The molecule has 0 fully saturated rings. The van der Waals surface area contributed by atoms with Gasteiger partial charge in [-0.1, -0.05) is 53.4 Å². The van der Waals surface area contributed by atoms with Crippen LogP contribution in [0.15, 0.2) is 11.6 Å². The predicted octanol–water partition coefficient (Wildman–Crippen LogP) is 4.67. The molecular formula is C26H50N2O5. The summed E-state index contributed by atoms with van der Waals surface area (Å²) >= 11 is 0. The van der Waals surface area contributed by atoms with E-state index in [2.05, 4.69) is 19.2 Å². The van der Waals surface area contributed by atoms with Crippen molar-refractivity contribution in [2.75, 3.05) is 19.8 Å². The molecule has 7 heteroatoms. The van der Waals surface area contributed by atoms with Crippen LogP contribution in [0.5, 0.6) is 0 Å². The van der Waals surface area contributed by atoms with Crippen LogP contribution in [0, 0.1) is 0 Å². The van der Waals surface area contributed by atoms with Crippen molar-refractivity contribution < 1.29 is 23.8 Å². The van der Waals surface area contributed by atoms with Gasteiger partial charge in [0.1, 0.15) is 0 Å². The van der Waals surface area contributed by atoms with Crippen molar-refractivity contribution in [1.82, 2.24) is 5.32 Å². The van der Waals surface area contributed by atoms with Gasteiger partial charge in [-0.15, -0.1) is 0 Å². The van der Waals surface area contributed by atoms with Gasteiger partial charge in [-0.25, -0.2) is 4.79 Å². The van der Waals surface area contributed by atoms with E-state index in [0.717, 1.165) is 26.1 Å². The maximum Gasteiger partial charge on any atom is 0.333 e. The highest BCUT2D eigenvalue weighted by Crippen LogP contribution is 2.24. The van der Waals surface area contributed by atoms with Gasteiger partial charge in [-0.2, -0.15) is 0 Å². The summed E-state index contributed by atoms with van der Waals surface area (Å²) in [5.74, 6) is -0.524. The first-order valence-corrected chi connectivity index (χ1v) is 13.0. The number of nitrogens with one attached hydrogen (secondary N) is 1. The molecule has 1 rings (SSSR count). The van der Waals surface area contributed by atoms with E-state index in [-0.39, 0.29) is 30.1 Å². The second kappa shape index (κ2) is 20.0. The lowest BCUT2D eigenvalue weighted by Gasteiger charge is -2.36. The summed E-state index contributed by atoms with van der Waals surface area (Å²) in [7, 11) is 0. The molecule has 0 aromatic heterocycles. The zero-order valence-electron chi connectivity index (χ0n) is 22.0. The van der Waals surface area contributed by atoms with Crippen molar-refractivity contribution in [1.29, 1.82) is 0 Å². The summed E-state index contributed by atoms with van der Waals surface area (Å²) in [6, 6.07) is -0.719. The predicted molar refractivity (Wildman–Crippen MR) is 134 cm³/mol. The Morgan fingerprint density at radius 3 is 2.06 bits per heavy atom. The second-order valence-electron chi connectivity index (χ2n) is 8.57. The molecule has 7 nitrogen and oxygen atoms in total. The second-order valence-corrected chi connectivity index (χ2v) is 8.57. The third kappa shape index (κ3) is 14.4. The quantitative estimate of drug-likeness (QED) is 0.266. The minimum absolute atomic E-state index is 0.0613. The van der Waals surface area contributed by atoms with E-state index in [1.165, 1.54) is 45.4 Å². The normalized spacial score (nSPS) is 20.0. The van der Waals surface area contributed by atoms with Crippen LogP contribution in [0.1, 0.15) is 99.3 Å². The van der Waals surface area contributed by atoms with E-state index < -0.39 is 6.10 Å². The smallest absolute Gasteiger partial charge is 0.333 e. The number of hydrogen-bond donors (Lipinski definition) is 2. The van der Waals surface area contributed by atoms with E-state index in [9.17, 15) is 9.59 Å². The van der Waals surface area contributed by atoms with E-state index in [1.807, 2.05) is 13.8 Å². The lowest BCUT2D eigenvalue weighted by atomic mass is 9.88. The van der Waals surface area contributed by atoms with Crippen LogP contribution in [0.2, 0.25) is 0 Å². The number of esters is 1. The number of nitrogens with two attached hydrogens (primary N) is 1. The van der Waals surface area contributed by atoms with Crippen LogP contribution >= 0.6 is 0 Å². The highest BCUT2D eigenvalue weighted by atomic mass is 16.5. The number of hydrogen-bond acceptors (Lipinski definition) is 6. The number of amides is 1. The maximum atomic E-state index is 12.0. The number of unbranched alkanes of at least 4 members (excludes halogenated alkanes) is 4. The van der Waals surface area contributed by atoms with E-state index in [0.29, 0.717) is 18.6 Å². The Balaban J connectivity index is 0.000000785. The molecule has 1 aliphatic rings. The van der Waals surface area contributed by atoms with E-state index >= 15 is 0 Å². The van der Waals surface area contributed by atoms with Gasteiger partial charge in [-0.05, 0) is 45.1 Å². The van der Waals surface area contributed by atoms with Gasteiger partial charge in [0.25, 0.3) is 0 Å². The standard InChI is InChI=1S/C16H28N2O4.C10H22O/c1-5-12(6-2)22-14-9-11(16(20)21-7-3)8-13(17)15(14)18-10(4)19;1-3-5-7-9-11-10-8-6-4-2/h9,12-15H,5-8,17H2,1-4H3,(H,18,19);3-10H2,1-2H3/t13-,14+,15+;/m0./s1. The summed E-state index contributed by atoms with van der Waals surface area (Å²) in [6.45, 7) is 14.0. The van der Waals surface area contributed by atoms with Gasteiger partial charge < -0.3 is 25.3 Å². The summed E-state index contributed by atoms with van der Waals surface area (Å²) in [6.07, 6.45) is 11.2. The first-order chi connectivity index (χ1) is 15.8. The fraction of sp³-hybridized carbons (Fsp3) is 0.846. The van der Waals surface area contributed by atoms with Gasteiger partial charge in [0.2, 0.25) is 5.91 Å². The Morgan fingerprint density at radius 1 is 1.03 bits per heavy atom. The molecule has 194 valence electrons. The molecule has 0 saturated carbocycles. The number of carbonyl (C=O) groups excluding carboxylic acids is 2. The molecule has 0 aromatic carbocycles. The highest BCUT2D eigenvalue weighted by molar-refractivity contribution is 5.89. The van der Waals surface area contributed by atoms with Gasteiger partial charge in [0.05, 0.1) is 24.9 Å². The minimum atomic E-state index is -0.419. The summed E-state index contributed by atoms with van der Waals surface area (Å²) in [4.78, 5) is 23.4. The minimum Gasteiger partial charge on any atom is -0.463 e. The number of carbonyl (C=O) groups is 2. The molecule has 3 N–H and O–H groups in total. The Hall–Kier alpha value is -1.44. The zero-order valence-corrected chi connectivity index (χ0v) is 22.0. The van der Waals surface area contributed by atoms with Gasteiger partial charge in [0.15, 0.2) is 0 Å². The lowest BCUT2D eigenvalue weighted by molar-refractivity contribution is -0.139. The Bertz CT molecular complexity index is 541. The highest BCUT2D eigenvalue weighted by Gasteiger charge is 2.35. The molecule has 0 heterocycles. The molecule has 0 aliphatic heterocycles. The van der Waals surface area contributed by atoms with Crippen molar-refractivity contribution in [2.24, 2.45) is 5.73 Å². The van der Waals surface area contributed by atoms with Crippen LogP contribution in [0.3, 0.4) is 0 Å². The average Bonchev–Trinajstić information content (AvgIpc) is 2.79. The van der Waals surface area contributed by atoms with E-state index in [1.54, 1.807) is 13.0 Å². The van der Waals surface area contributed by atoms with Crippen LogP contribution < -0.4 is 11.1 Å². The molecular weight excluding hydrogens is 420 g/mol. The van der Waals surface area contributed by atoms with Gasteiger partial charge in [0, 0.05) is 31.8 Å². The molecule has 1 amide bonds. The molecule has 0 bridgehead atoms. The molecule has 0 spiro atoms. The number of ether oxygens (including phenoxy) is 3. The summed E-state index contributed by atoms with van der Waals surface area (Å²) in [5, 5.41) is 2.84. The molecule has 0 aromatic rings. The summed E-state index contributed by atoms with van der Waals surface area (Å²) in [5.41, 5.74) is 6.68. The van der Waals surface area contributed by atoms with E-state index in [4.69, 9.17) is 19.9 Å². The average molecular weight is 471 g/mol. The van der Waals surface area contributed by atoms with Crippen molar-refractivity contribution in [3.05, 3.63) is 11.6 Å². The van der Waals surface area contributed by atoms with Crippen molar-refractivity contribution in [3.63, 3.8) is 0 Å². The van der Waals surface area contributed by atoms with Crippen LogP contribution in [0.25, 0.3) is 0 Å². The first kappa shape index (κ1) is 31.6. The SMILES string of the molecule is CCCCCOCCCCC.CCOC(=O)C1=C[C@@H](OC(CC)CC)[C@H](NC(C)=O)[C@@H](N)C1. The largest absolute Gasteiger partial charge is 0.463 e. The summed E-state index contributed by atoms with van der Waals surface area (Å²) < 4.78 is 16.5. The van der Waals surface area contributed by atoms with Crippen LogP contribution in [0.4, 0.5) is 0 Å². The van der Waals surface area contributed by atoms with Crippen molar-refractivity contribution in [2.45, 2.75) is 124 Å². The van der Waals surface area contributed by atoms with Crippen LogP contribution in [-0.2, 0) is 23.8 Å². The molecule has 33 heavy (non-hydrogen) atoms. The fourth-order valence-corrected chi connectivity index (χ4v) is 3.63. The molecule has 1 aliphatic carbocycles. The first-order valence-electron chi connectivity index (χ1n) is 13.0. The maximum absolute atomic E-state index is 12.0.